The van der Waals surface area contributed by atoms with Crippen molar-refractivity contribution in [3.8, 4) is 5.69 Å². The molecule has 1 saturated heterocycles. The fourth-order valence-electron chi connectivity index (χ4n) is 3.66. The van der Waals surface area contributed by atoms with Crippen LogP contribution in [0.15, 0.2) is 24.3 Å². The standard InChI is InChI=1S/C22H31N3O3/c1-15-9-6-7-11-21(15)25-17(3)20(16(2)23-25)13-24(5)22(26)18(4)28-14-19-10-8-12-27-19/h6-7,9,11,18-19H,8,10,12-14H2,1-5H3. The number of nitrogens with zero attached hydrogens (tertiary/aromatic N) is 3. The number of para-hydroxylation sites is 1. The zero-order valence-corrected chi connectivity index (χ0v) is 17.6. The van der Waals surface area contributed by atoms with Crippen molar-refractivity contribution >= 4 is 5.91 Å². The highest BCUT2D eigenvalue weighted by molar-refractivity contribution is 5.80. The fraction of sp³-hybridized carbons (Fsp3) is 0.545. The van der Waals surface area contributed by atoms with E-state index < -0.39 is 6.10 Å². The molecule has 2 aromatic rings. The van der Waals surface area contributed by atoms with E-state index >= 15 is 0 Å². The second kappa shape index (κ2) is 8.88. The average Bonchev–Trinajstić information content (AvgIpc) is 3.29. The van der Waals surface area contributed by atoms with Gasteiger partial charge in [-0.05, 0) is 52.2 Å². The van der Waals surface area contributed by atoms with Crippen molar-refractivity contribution in [2.24, 2.45) is 0 Å². The number of rotatable bonds is 7. The van der Waals surface area contributed by atoms with Gasteiger partial charge < -0.3 is 14.4 Å². The number of carbonyl (C=O) groups is 1. The highest BCUT2D eigenvalue weighted by atomic mass is 16.5. The lowest BCUT2D eigenvalue weighted by atomic mass is 10.1. The molecule has 1 fully saturated rings. The van der Waals surface area contributed by atoms with Gasteiger partial charge in [-0.15, -0.1) is 0 Å². The fourth-order valence-corrected chi connectivity index (χ4v) is 3.66. The molecular formula is C22H31N3O3. The second-order valence-corrected chi connectivity index (χ2v) is 7.65. The van der Waals surface area contributed by atoms with Gasteiger partial charge in [0.05, 0.1) is 24.1 Å². The van der Waals surface area contributed by atoms with Crippen LogP contribution in [0.4, 0.5) is 0 Å². The number of likely N-dealkylation sites (N-methyl/N-ethyl adjacent to an activating group) is 1. The van der Waals surface area contributed by atoms with E-state index in [0.29, 0.717) is 13.2 Å². The number of amides is 1. The minimum Gasteiger partial charge on any atom is -0.376 e. The van der Waals surface area contributed by atoms with Gasteiger partial charge in [-0.2, -0.15) is 5.10 Å². The van der Waals surface area contributed by atoms with Gasteiger partial charge >= 0.3 is 0 Å². The normalized spacial score (nSPS) is 17.7. The number of aryl methyl sites for hydroxylation is 2. The maximum absolute atomic E-state index is 12.7. The maximum atomic E-state index is 12.7. The smallest absolute Gasteiger partial charge is 0.251 e. The summed E-state index contributed by atoms with van der Waals surface area (Å²) in [4.78, 5) is 14.5. The van der Waals surface area contributed by atoms with E-state index in [1.54, 1.807) is 4.90 Å². The van der Waals surface area contributed by atoms with Crippen molar-refractivity contribution in [3.05, 3.63) is 46.8 Å². The first-order valence-electron chi connectivity index (χ1n) is 9.97. The van der Waals surface area contributed by atoms with E-state index in [1.807, 2.05) is 37.7 Å². The summed E-state index contributed by atoms with van der Waals surface area (Å²) in [5.74, 6) is -0.0274. The van der Waals surface area contributed by atoms with Crippen LogP contribution in [-0.2, 0) is 20.8 Å². The maximum Gasteiger partial charge on any atom is 0.251 e. The third-order valence-electron chi connectivity index (χ3n) is 5.46. The van der Waals surface area contributed by atoms with Crippen molar-refractivity contribution in [1.82, 2.24) is 14.7 Å². The minimum atomic E-state index is -0.485. The molecular weight excluding hydrogens is 354 g/mol. The van der Waals surface area contributed by atoms with Gasteiger partial charge in [0.25, 0.3) is 5.91 Å². The molecule has 6 heteroatoms. The Morgan fingerprint density at radius 2 is 2.11 bits per heavy atom. The summed E-state index contributed by atoms with van der Waals surface area (Å²) in [5.41, 5.74) is 5.30. The first kappa shape index (κ1) is 20.6. The van der Waals surface area contributed by atoms with E-state index in [1.165, 1.54) is 5.56 Å². The van der Waals surface area contributed by atoms with Crippen molar-refractivity contribution < 1.29 is 14.3 Å². The highest BCUT2D eigenvalue weighted by Crippen LogP contribution is 2.22. The molecule has 6 nitrogen and oxygen atoms in total. The Morgan fingerprint density at radius 3 is 2.79 bits per heavy atom. The topological polar surface area (TPSA) is 56.6 Å². The Kier molecular flexibility index (Phi) is 6.52. The van der Waals surface area contributed by atoms with Gasteiger partial charge in [-0.25, -0.2) is 4.68 Å². The van der Waals surface area contributed by atoms with E-state index in [0.717, 1.165) is 42.1 Å². The summed E-state index contributed by atoms with van der Waals surface area (Å²) in [7, 11) is 1.82. The molecule has 0 spiro atoms. The zero-order valence-electron chi connectivity index (χ0n) is 17.6. The number of benzene rings is 1. The molecule has 0 bridgehead atoms. The molecule has 3 rings (SSSR count). The van der Waals surface area contributed by atoms with Crippen LogP contribution in [0.3, 0.4) is 0 Å². The molecule has 2 atom stereocenters. The van der Waals surface area contributed by atoms with Crippen LogP contribution >= 0.6 is 0 Å². The highest BCUT2D eigenvalue weighted by Gasteiger charge is 2.24. The van der Waals surface area contributed by atoms with Gasteiger partial charge in [0.15, 0.2) is 0 Å². The predicted octanol–water partition coefficient (Wildman–Crippen LogP) is 3.34. The SMILES string of the molecule is Cc1ccccc1-n1nc(C)c(CN(C)C(=O)C(C)OCC2CCCO2)c1C. The molecule has 1 aromatic carbocycles. The Hall–Kier alpha value is -2.18. The molecule has 28 heavy (non-hydrogen) atoms. The van der Waals surface area contributed by atoms with Crippen LogP contribution in [0.2, 0.25) is 0 Å². The molecule has 152 valence electrons. The molecule has 0 radical (unpaired) electrons. The van der Waals surface area contributed by atoms with Crippen LogP contribution in [-0.4, -0.2) is 53.1 Å². The monoisotopic (exact) mass is 385 g/mol. The third-order valence-corrected chi connectivity index (χ3v) is 5.46. The van der Waals surface area contributed by atoms with Gasteiger partial charge in [-0.3, -0.25) is 4.79 Å². The Morgan fingerprint density at radius 1 is 1.36 bits per heavy atom. The average molecular weight is 386 g/mol. The Balaban J connectivity index is 1.67. The molecule has 1 aromatic heterocycles. The largest absolute Gasteiger partial charge is 0.376 e. The molecule has 0 saturated carbocycles. The Labute approximate surface area is 167 Å². The van der Waals surface area contributed by atoms with Gasteiger partial charge in [0.2, 0.25) is 0 Å². The van der Waals surface area contributed by atoms with Crippen LogP contribution < -0.4 is 0 Å². The summed E-state index contributed by atoms with van der Waals surface area (Å²) in [6.07, 6.45) is 1.71. The van der Waals surface area contributed by atoms with Gasteiger partial charge in [0, 0.05) is 31.5 Å². The molecule has 0 aliphatic carbocycles. The van der Waals surface area contributed by atoms with E-state index in [4.69, 9.17) is 14.6 Å². The quantitative estimate of drug-likeness (QED) is 0.734. The molecule has 1 amide bonds. The van der Waals surface area contributed by atoms with Crippen LogP contribution in [0, 0.1) is 20.8 Å². The summed E-state index contributed by atoms with van der Waals surface area (Å²) >= 11 is 0. The van der Waals surface area contributed by atoms with Crippen LogP contribution in [0.25, 0.3) is 5.69 Å². The van der Waals surface area contributed by atoms with Crippen molar-refractivity contribution in [2.75, 3.05) is 20.3 Å². The van der Waals surface area contributed by atoms with E-state index in [2.05, 4.69) is 26.0 Å². The number of aromatic nitrogens is 2. The third kappa shape index (κ3) is 4.45. The van der Waals surface area contributed by atoms with Gasteiger partial charge in [-0.1, -0.05) is 18.2 Å². The first-order chi connectivity index (χ1) is 13.4. The number of ether oxygens (including phenoxy) is 2. The summed E-state index contributed by atoms with van der Waals surface area (Å²) < 4.78 is 13.3. The lowest BCUT2D eigenvalue weighted by Crippen LogP contribution is -2.37. The van der Waals surface area contributed by atoms with E-state index in [9.17, 15) is 4.79 Å². The number of carbonyl (C=O) groups excluding carboxylic acids is 1. The predicted molar refractivity (Wildman–Crippen MR) is 109 cm³/mol. The zero-order chi connectivity index (χ0) is 20.3. The Bertz CT molecular complexity index is 824. The molecule has 2 heterocycles. The van der Waals surface area contributed by atoms with Crippen molar-refractivity contribution in [1.29, 1.82) is 0 Å². The lowest BCUT2D eigenvalue weighted by molar-refractivity contribution is -0.143. The summed E-state index contributed by atoms with van der Waals surface area (Å²) in [6, 6.07) is 8.18. The van der Waals surface area contributed by atoms with Gasteiger partial charge in [0.1, 0.15) is 6.10 Å². The first-order valence-corrected chi connectivity index (χ1v) is 9.97. The summed E-state index contributed by atoms with van der Waals surface area (Å²) in [5, 5.41) is 4.72. The molecule has 0 N–H and O–H groups in total. The molecule has 2 unspecified atom stereocenters. The number of hydrogen-bond donors (Lipinski definition) is 0. The van der Waals surface area contributed by atoms with Crippen molar-refractivity contribution in [2.45, 2.75) is 59.3 Å². The molecule has 1 aliphatic rings. The second-order valence-electron chi connectivity index (χ2n) is 7.65. The minimum absolute atomic E-state index is 0.0274. The number of hydrogen-bond acceptors (Lipinski definition) is 4. The van der Waals surface area contributed by atoms with E-state index in [-0.39, 0.29) is 12.0 Å². The van der Waals surface area contributed by atoms with Crippen LogP contribution in [0.1, 0.15) is 42.3 Å². The van der Waals surface area contributed by atoms with Crippen LogP contribution in [0.5, 0.6) is 0 Å². The van der Waals surface area contributed by atoms with Crippen molar-refractivity contribution in [3.63, 3.8) is 0 Å². The molecule has 1 aliphatic heterocycles. The summed E-state index contributed by atoms with van der Waals surface area (Å²) in [6.45, 7) is 9.71. The lowest BCUT2D eigenvalue weighted by Gasteiger charge is -2.23.